The first-order chi connectivity index (χ1) is 8.54. The van der Waals surface area contributed by atoms with Crippen molar-refractivity contribution in [3.63, 3.8) is 0 Å². The summed E-state index contributed by atoms with van der Waals surface area (Å²) in [5, 5.41) is 11.3. The summed E-state index contributed by atoms with van der Waals surface area (Å²) in [6, 6.07) is 3.67. The van der Waals surface area contributed by atoms with Gasteiger partial charge in [-0.3, -0.25) is 4.79 Å². The molecule has 0 aliphatic carbocycles. The second kappa shape index (κ2) is 7.06. The Labute approximate surface area is 105 Å². The van der Waals surface area contributed by atoms with E-state index in [4.69, 9.17) is 5.11 Å². The lowest BCUT2D eigenvalue weighted by atomic mass is 10.1. The van der Waals surface area contributed by atoms with E-state index in [0.29, 0.717) is 12.8 Å². The predicted molar refractivity (Wildman–Crippen MR) is 64.0 cm³/mol. The second-order valence-corrected chi connectivity index (χ2v) is 4.22. The molecule has 0 heterocycles. The highest BCUT2D eigenvalue weighted by atomic mass is 19.2. The first kappa shape index (κ1) is 14.6. The van der Waals surface area contributed by atoms with Crippen LogP contribution in [0.25, 0.3) is 0 Å². The van der Waals surface area contributed by atoms with Crippen molar-refractivity contribution in [2.75, 3.05) is 6.61 Å². The van der Waals surface area contributed by atoms with Crippen LogP contribution in [0, 0.1) is 11.6 Å². The van der Waals surface area contributed by atoms with Crippen LogP contribution in [0.4, 0.5) is 8.78 Å². The van der Waals surface area contributed by atoms with Gasteiger partial charge in [-0.05, 0) is 25.8 Å². The summed E-state index contributed by atoms with van der Waals surface area (Å²) >= 11 is 0. The van der Waals surface area contributed by atoms with Gasteiger partial charge in [0.05, 0.1) is 6.42 Å². The van der Waals surface area contributed by atoms with E-state index in [2.05, 4.69) is 5.32 Å². The van der Waals surface area contributed by atoms with E-state index < -0.39 is 11.6 Å². The van der Waals surface area contributed by atoms with E-state index in [0.717, 1.165) is 6.07 Å². The molecular formula is C13H17F2NO2. The minimum Gasteiger partial charge on any atom is -0.396 e. The van der Waals surface area contributed by atoms with E-state index in [9.17, 15) is 13.6 Å². The summed E-state index contributed by atoms with van der Waals surface area (Å²) in [6.45, 7) is 1.87. The lowest BCUT2D eigenvalue weighted by Gasteiger charge is -2.13. The molecule has 1 amide bonds. The molecule has 0 saturated carbocycles. The molecule has 0 aliphatic rings. The molecule has 0 aromatic heterocycles. The van der Waals surface area contributed by atoms with E-state index >= 15 is 0 Å². The first-order valence-corrected chi connectivity index (χ1v) is 5.87. The van der Waals surface area contributed by atoms with Gasteiger partial charge in [-0.1, -0.05) is 12.1 Å². The monoisotopic (exact) mass is 257 g/mol. The third kappa shape index (κ3) is 4.41. The molecule has 3 nitrogen and oxygen atoms in total. The number of aliphatic hydroxyl groups is 1. The standard InChI is InChI=1S/C13H17F2NO2/c1-9(4-3-7-17)16-12(18)8-10-5-2-6-11(14)13(10)15/h2,5-6,9,17H,3-4,7-8H2,1H3,(H,16,18). The fourth-order valence-corrected chi connectivity index (χ4v) is 1.65. The molecule has 0 radical (unpaired) electrons. The molecule has 0 aliphatic heterocycles. The summed E-state index contributed by atoms with van der Waals surface area (Å²) in [7, 11) is 0. The van der Waals surface area contributed by atoms with Gasteiger partial charge in [0.1, 0.15) is 0 Å². The average Bonchev–Trinajstić information content (AvgIpc) is 2.32. The van der Waals surface area contributed by atoms with Crippen LogP contribution >= 0.6 is 0 Å². The summed E-state index contributed by atoms with van der Waals surface area (Å²) in [5.41, 5.74) is 0.0434. The quantitative estimate of drug-likeness (QED) is 0.816. The molecule has 0 fully saturated rings. The summed E-state index contributed by atoms with van der Waals surface area (Å²) in [6.07, 6.45) is 1.05. The van der Waals surface area contributed by atoms with E-state index in [1.165, 1.54) is 12.1 Å². The van der Waals surface area contributed by atoms with Crippen LogP contribution < -0.4 is 5.32 Å². The first-order valence-electron chi connectivity index (χ1n) is 5.87. The SMILES string of the molecule is CC(CCCO)NC(=O)Cc1cccc(F)c1F. The molecule has 18 heavy (non-hydrogen) atoms. The Morgan fingerprint density at radius 1 is 1.44 bits per heavy atom. The van der Waals surface area contributed by atoms with Crippen molar-refractivity contribution in [2.45, 2.75) is 32.2 Å². The molecule has 0 saturated heterocycles. The minimum absolute atomic E-state index is 0.0434. The number of carbonyl (C=O) groups is 1. The molecule has 1 rings (SSSR count). The highest BCUT2D eigenvalue weighted by Crippen LogP contribution is 2.12. The molecule has 1 atom stereocenters. The van der Waals surface area contributed by atoms with Gasteiger partial charge >= 0.3 is 0 Å². The topological polar surface area (TPSA) is 49.3 Å². The molecule has 2 N–H and O–H groups in total. The van der Waals surface area contributed by atoms with Gasteiger partial charge in [-0.15, -0.1) is 0 Å². The van der Waals surface area contributed by atoms with Crippen LogP contribution in [0.2, 0.25) is 0 Å². The Kier molecular flexibility index (Phi) is 5.71. The van der Waals surface area contributed by atoms with Gasteiger partial charge in [0.25, 0.3) is 0 Å². The van der Waals surface area contributed by atoms with Crippen LogP contribution in [-0.4, -0.2) is 23.7 Å². The molecule has 100 valence electrons. The molecular weight excluding hydrogens is 240 g/mol. The molecule has 0 bridgehead atoms. The number of nitrogens with one attached hydrogen (secondary N) is 1. The van der Waals surface area contributed by atoms with Gasteiger partial charge in [0.15, 0.2) is 11.6 Å². The lowest BCUT2D eigenvalue weighted by Crippen LogP contribution is -2.34. The zero-order valence-electron chi connectivity index (χ0n) is 10.2. The number of hydrogen-bond donors (Lipinski definition) is 2. The highest BCUT2D eigenvalue weighted by Gasteiger charge is 2.13. The maximum atomic E-state index is 13.3. The number of hydrogen-bond acceptors (Lipinski definition) is 2. The normalized spacial score (nSPS) is 12.2. The fraction of sp³-hybridized carbons (Fsp3) is 0.462. The third-order valence-electron chi connectivity index (χ3n) is 2.59. The van der Waals surface area contributed by atoms with Crippen molar-refractivity contribution in [2.24, 2.45) is 0 Å². The molecule has 1 aromatic rings. The van der Waals surface area contributed by atoms with Crippen molar-refractivity contribution < 1.29 is 18.7 Å². The largest absolute Gasteiger partial charge is 0.396 e. The van der Waals surface area contributed by atoms with Gasteiger partial charge in [-0.2, -0.15) is 0 Å². The number of aliphatic hydroxyl groups excluding tert-OH is 1. The molecule has 5 heteroatoms. The average molecular weight is 257 g/mol. The van der Waals surface area contributed by atoms with Gasteiger partial charge in [-0.25, -0.2) is 8.78 Å². The Hall–Kier alpha value is -1.49. The summed E-state index contributed by atoms with van der Waals surface area (Å²) in [4.78, 5) is 11.6. The Balaban J connectivity index is 2.52. The summed E-state index contributed by atoms with van der Waals surface area (Å²) < 4.78 is 26.2. The van der Waals surface area contributed by atoms with E-state index in [-0.39, 0.29) is 30.5 Å². The molecule has 1 aromatic carbocycles. The maximum Gasteiger partial charge on any atom is 0.224 e. The highest BCUT2D eigenvalue weighted by molar-refractivity contribution is 5.78. The van der Waals surface area contributed by atoms with Gasteiger partial charge < -0.3 is 10.4 Å². The maximum absolute atomic E-state index is 13.3. The summed E-state index contributed by atoms with van der Waals surface area (Å²) in [5.74, 6) is -2.28. The van der Waals surface area contributed by atoms with Crippen molar-refractivity contribution in [3.05, 3.63) is 35.4 Å². The van der Waals surface area contributed by atoms with Gasteiger partial charge in [0.2, 0.25) is 5.91 Å². The number of halogens is 2. The van der Waals surface area contributed by atoms with Crippen LogP contribution in [0.3, 0.4) is 0 Å². The van der Waals surface area contributed by atoms with E-state index in [1.807, 2.05) is 0 Å². The number of benzene rings is 1. The molecule has 0 spiro atoms. The van der Waals surface area contributed by atoms with Crippen LogP contribution in [0.1, 0.15) is 25.3 Å². The fourth-order valence-electron chi connectivity index (χ4n) is 1.65. The van der Waals surface area contributed by atoms with Crippen molar-refractivity contribution in [3.8, 4) is 0 Å². The number of rotatable bonds is 6. The lowest BCUT2D eigenvalue weighted by molar-refractivity contribution is -0.121. The van der Waals surface area contributed by atoms with Crippen molar-refractivity contribution in [1.29, 1.82) is 0 Å². The molecule has 1 unspecified atom stereocenters. The zero-order chi connectivity index (χ0) is 13.5. The Morgan fingerprint density at radius 3 is 2.83 bits per heavy atom. The number of carbonyl (C=O) groups excluding carboxylic acids is 1. The Bertz CT molecular complexity index is 410. The smallest absolute Gasteiger partial charge is 0.224 e. The van der Waals surface area contributed by atoms with Gasteiger partial charge in [0, 0.05) is 18.2 Å². The van der Waals surface area contributed by atoms with Crippen LogP contribution in [-0.2, 0) is 11.2 Å². The van der Waals surface area contributed by atoms with E-state index in [1.54, 1.807) is 6.92 Å². The second-order valence-electron chi connectivity index (χ2n) is 4.22. The Morgan fingerprint density at radius 2 is 2.17 bits per heavy atom. The van der Waals surface area contributed by atoms with Crippen molar-refractivity contribution in [1.82, 2.24) is 5.32 Å². The predicted octanol–water partition coefficient (Wildman–Crippen LogP) is 1.78. The third-order valence-corrected chi connectivity index (χ3v) is 2.59. The number of amides is 1. The van der Waals surface area contributed by atoms with Crippen LogP contribution in [0.5, 0.6) is 0 Å². The van der Waals surface area contributed by atoms with Crippen LogP contribution in [0.15, 0.2) is 18.2 Å². The zero-order valence-corrected chi connectivity index (χ0v) is 10.2. The van der Waals surface area contributed by atoms with Crippen molar-refractivity contribution >= 4 is 5.91 Å². The minimum atomic E-state index is -0.976.